The third kappa shape index (κ3) is 3.28. The van der Waals surface area contributed by atoms with E-state index in [9.17, 15) is 14.9 Å². The topological polar surface area (TPSA) is 85.4 Å². The number of hydrogen-bond donors (Lipinski definition) is 1. The van der Waals surface area contributed by atoms with Crippen LogP contribution in [0, 0.1) is 10.1 Å². The van der Waals surface area contributed by atoms with E-state index in [1.54, 1.807) is 0 Å². The minimum absolute atomic E-state index is 0.0500. The molecule has 1 aromatic heterocycles. The zero-order chi connectivity index (χ0) is 17.2. The summed E-state index contributed by atoms with van der Waals surface area (Å²) in [7, 11) is 0. The largest absolute Gasteiger partial charge is 0.433 e. The number of nitrogens with zero attached hydrogens (tertiary/aromatic N) is 1. The molecule has 24 heavy (non-hydrogen) atoms. The van der Waals surface area contributed by atoms with Gasteiger partial charge in [-0.15, -0.1) is 0 Å². The van der Waals surface area contributed by atoms with E-state index >= 15 is 0 Å². The summed E-state index contributed by atoms with van der Waals surface area (Å²) >= 11 is 5.96. The number of amides is 1. The number of carbonyl (C=O) groups excluding carboxylic acids is 1. The molecule has 1 heterocycles. The van der Waals surface area contributed by atoms with E-state index in [0.717, 1.165) is 31.2 Å². The van der Waals surface area contributed by atoms with Gasteiger partial charge >= 0.3 is 5.88 Å². The van der Waals surface area contributed by atoms with Crippen molar-refractivity contribution in [1.82, 2.24) is 5.32 Å². The number of benzene rings is 1. The van der Waals surface area contributed by atoms with E-state index in [2.05, 4.69) is 5.32 Å². The standard InChI is InChI=1S/C17H17ClN2O4/c18-13-5-3-12(4-6-13)17(9-1-2-10-17)11-19-16(21)14-7-8-15(24-14)20(22)23/h3-8H,1-2,9-11H2,(H,19,21). The molecule has 1 aliphatic rings. The molecule has 6 nitrogen and oxygen atoms in total. The van der Waals surface area contributed by atoms with Crippen LogP contribution in [0.5, 0.6) is 0 Å². The van der Waals surface area contributed by atoms with E-state index in [4.69, 9.17) is 16.0 Å². The van der Waals surface area contributed by atoms with Crippen molar-refractivity contribution in [2.45, 2.75) is 31.1 Å². The first-order valence-corrected chi connectivity index (χ1v) is 8.16. The van der Waals surface area contributed by atoms with Crippen LogP contribution in [-0.2, 0) is 5.41 Å². The zero-order valence-electron chi connectivity index (χ0n) is 13.0. The summed E-state index contributed by atoms with van der Waals surface area (Å²) in [6, 6.07) is 10.2. The Morgan fingerprint density at radius 3 is 2.46 bits per heavy atom. The normalized spacial score (nSPS) is 16.0. The highest BCUT2D eigenvalue weighted by atomic mass is 35.5. The molecule has 1 N–H and O–H groups in total. The Labute approximate surface area is 143 Å². The predicted molar refractivity (Wildman–Crippen MR) is 89.3 cm³/mol. The smallest absolute Gasteiger partial charge is 0.395 e. The predicted octanol–water partition coefficient (Wildman–Crippen LogP) is 4.08. The fourth-order valence-electron chi connectivity index (χ4n) is 3.31. The summed E-state index contributed by atoms with van der Waals surface area (Å²) in [5.41, 5.74) is 1.02. The van der Waals surface area contributed by atoms with E-state index < -0.39 is 16.7 Å². The summed E-state index contributed by atoms with van der Waals surface area (Å²) in [5, 5.41) is 14.2. The van der Waals surface area contributed by atoms with E-state index in [-0.39, 0.29) is 11.2 Å². The number of rotatable bonds is 5. The van der Waals surface area contributed by atoms with Crippen molar-refractivity contribution in [1.29, 1.82) is 0 Å². The quantitative estimate of drug-likeness (QED) is 0.651. The third-order valence-corrected chi connectivity index (χ3v) is 4.85. The van der Waals surface area contributed by atoms with Gasteiger partial charge in [-0.3, -0.25) is 14.9 Å². The van der Waals surface area contributed by atoms with Crippen LogP contribution in [0.1, 0.15) is 41.8 Å². The highest BCUT2D eigenvalue weighted by molar-refractivity contribution is 6.30. The lowest BCUT2D eigenvalue weighted by Gasteiger charge is -2.30. The van der Waals surface area contributed by atoms with Gasteiger partial charge in [0.15, 0.2) is 5.76 Å². The maximum Gasteiger partial charge on any atom is 0.433 e. The number of halogens is 1. The van der Waals surface area contributed by atoms with Gasteiger partial charge in [-0.25, -0.2) is 0 Å². The molecule has 2 aromatic rings. The number of hydrogen-bond acceptors (Lipinski definition) is 4. The van der Waals surface area contributed by atoms with Gasteiger partial charge < -0.3 is 9.73 Å². The molecular formula is C17H17ClN2O4. The molecule has 0 atom stereocenters. The van der Waals surface area contributed by atoms with Gasteiger partial charge in [0.2, 0.25) is 0 Å². The average molecular weight is 349 g/mol. The van der Waals surface area contributed by atoms with E-state index in [0.29, 0.717) is 11.6 Å². The van der Waals surface area contributed by atoms with Crippen LogP contribution in [0.3, 0.4) is 0 Å². The lowest BCUT2D eigenvalue weighted by atomic mass is 9.79. The minimum Gasteiger partial charge on any atom is -0.395 e. The van der Waals surface area contributed by atoms with Gasteiger partial charge in [-0.05, 0) is 36.6 Å². The Balaban J connectivity index is 1.73. The molecule has 0 saturated heterocycles. The van der Waals surface area contributed by atoms with Crippen molar-refractivity contribution in [3.63, 3.8) is 0 Å². The Morgan fingerprint density at radius 2 is 1.88 bits per heavy atom. The first-order chi connectivity index (χ1) is 11.5. The Morgan fingerprint density at radius 1 is 1.21 bits per heavy atom. The second kappa shape index (κ2) is 6.65. The molecule has 3 rings (SSSR count). The Hall–Kier alpha value is -2.34. The fraction of sp³-hybridized carbons (Fsp3) is 0.353. The molecule has 0 unspecified atom stereocenters. The highest BCUT2D eigenvalue weighted by Crippen LogP contribution is 2.41. The molecule has 0 aliphatic heterocycles. The summed E-state index contributed by atoms with van der Waals surface area (Å²) in [5.74, 6) is -0.928. The highest BCUT2D eigenvalue weighted by Gasteiger charge is 2.36. The van der Waals surface area contributed by atoms with Crippen LogP contribution < -0.4 is 5.32 Å². The van der Waals surface area contributed by atoms with Crippen molar-refractivity contribution in [2.24, 2.45) is 0 Å². The summed E-state index contributed by atoms with van der Waals surface area (Å²) in [6.07, 6.45) is 4.16. The monoisotopic (exact) mass is 348 g/mol. The third-order valence-electron chi connectivity index (χ3n) is 4.60. The molecule has 0 bridgehead atoms. The molecule has 7 heteroatoms. The molecule has 1 saturated carbocycles. The van der Waals surface area contributed by atoms with Crippen molar-refractivity contribution < 1.29 is 14.1 Å². The molecule has 1 aromatic carbocycles. The van der Waals surface area contributed by atoms with Gasteiger partial charge in [-0.2, -0.15) is 0 Å². The zero-order valence-corrected chi connectivity index (χ0v) is 13.7. The van der Waals surface area contributed by atoms with Crippen molar-refractivity contribution in [3.05, 3.63) is 62.9 Å². The van der Waals surface area contributed by atoms with Crippen LogP contribution in [0.15, 0.2) is 40.8 Å². The number of furan rings is 1. The second-order valence-electron chi connectivity index (χ2n) is 6.07. The number of nitrogens with one attached hydrogen (secondary N) is 1. The molecule has 0 spiro atoms. The van der Waals surface area contributed by atoms with Crippen LogP contribution in [0.25, 0.3) is 0 Å². The minimum atomic E-state index is -0.664. The van der Waals surface area contributed by atoms with Gasteiger partial charge in [0.25, 0.3) is 5.91 Å². The summed E-state index contributed by atoms with van der Waals surface area (Å²) in [6.45, 7) is 0.460. The maximum atomic E-state index is 12.2. The first-order valence-electron chi connectivity index (χ1n) is 7.79. The molecule has 126 valence electrons. The average Bonchev–Trinajstić information content (AvgIpc) is 3.23. The molecule has 1 fully saturated rings. The molecule has 0 radical (unpaired) electrons. The maximum absolute atomic E-state index is 12.2. The van der Waals surface area contributed by atoms with Crippen LogP contribution >= 0.6 is 11.6 Å². The summed E-state index contributed by atoms with van der Waals surface area (Å²) < 4.78 is 4.95. The van der Waals surface area contributed by atoms with Crippen LogP contribution in [0.2, 0.25) is 5.02 Å². The lowest BCUT2D eigenvalue weighted by molar-refractivity contribution is -0.402. The van der Waals surface area contributed by atoms with Gasteiger partial charge in [-0.1, -0.05) is 36.6 Å². The lowest BCUT2D eigenvalue weighted by Crippen LogP contribution is -2.38. The fourth-order valence-corrected chi connectivity index (χ4v) is 3.43. The van der Waals surface area contributed by atoms with Crippen molar-refractivity contribution in [3.8, 4) is 0 Å². The molecule has 1 aliphatic carbocycles. The number of carbonyl (C=O) groups is 1. The van der Waals surface area contributed by atoms with E-state index in [1.165, 1.54) is 12.1 Å². The summed E-state index contributed by atoms with van der Waals surface area (Å²) in [4.78, 5) is 22.2. The van der Waals surface area contributed by atoms with Crippen molar-refractivity contribution >= 4 is 23.4 Å². The molecular weight excluding hydrogens is 332 g/mol. The van der Waals surface area contributed by atoms with Gasteiger partial charge in [0.05, 0.1) is 6.07 Å². The Kier molecular flexibility index (Phi) is 4.57. The number of nitro groups is 1. The van der Waals surface area contributed by atoms with Crippen LogP contribution in [0.4, 0.5) is 5.88 Å². The Bertz CT molecular complexity index is 748. The van der Waals surface area contributed by atoms with Gasteiger partial charge in [0.1, 0.15) is 4.92 Å². The van der Waals surface area contributed by atoms with Crippen LogP contribution in [-0.4, -0.2) is 17.4 Å². The van der Waals surface area contributed by atoms with E-state index in [1.807, 2.05) is 24.3 Å². The van der Waals surface area contributed by atoms with Gasteiger partial charge in [0, 0.05) is 17.0 Å². The SMILES string of the molecule is O=C(NCC1(c2ccc(Cl)cc2)CCCC1)c1ccc([N+](=O)[O-])o1. The second-order valence-corrected chi connectivity index (χ2v) is 6.51. The molecule has 1 amide bonds. The first kappa shape index (κ1) is 16.5. The van der Waals surface area contributed by atoms with Crippen molar-refractivity contribution in [2.75, 3.05) is 6.54 Å².